The molecule has 0 unspecified atom stereocenters. The molecular formula is C23H14N4O3. The number of carbonyl (C=O) groups is 1. The van der Waals surface area contributed by atoms with E-state index in [4.69, 9.17) is 4.98 Å². The van der Waals surface area contributed by atoms with Gasteiger partial charge in [-0.1, -0.05) is 30.3 Å². The summed E-state index contributed by atoms with van der Waals surface area (Å²) in [5.74, 6) is 0. The van der Waals surface area contributed by atoms with Crippen LogP contribution in [0.15, 0.2) is 82.8 Å². The first kappa shape index (κ1) is 17.7. The van der Waals surface area contributed by atoms with Crippen LogP contribution in [-0.4, -0.2) is 21.1 Å². The molecule has 30 heavy (non-hydrogen) atoms. The first-order valence-corrected chi connectivity index (χ1v) is 9.22. The lowest BCUT2D eigenvalue weighted by Crippen LogP contribution is -2.14. The highest BCUT2D eigenvalue weighted by molar-refractivity contribution is 6.08. The lowest BCUT2D eigenvalue weighted by molar-refractivity contribution is 0.112. The maximum Gasteiger partial charge on any atom is 0.281 e. The lowest BCUT2D eigenvalue weighted by atomic mass is 10.0. The topological polar surface area (TPSA) is 97.2 Å². The van der Waals surface area contributed by atoms with Gasteiger partial charge in [-0.15, -0.1) is 4.91 Å². The standard InChI is InChI=1S/C23H14N4O3/c28-13-14-8-10-17(11-9-14)27-23(29)20-21(15-4-3-5-16(12-15)26-30)24-19-7-2-1-6-18(19)22(20)25-27/h1-13,25H. The number of nitrogens with one attached hydrogen (secondary N) is 1. The molecule has 3 aromatic carbocycles. The van der Waals surface area contributed by atoms with Crippen molar-refractivity contribution < 1.29 is 4.79 Å². The van der Waals surface area contributed by atoms with Crippen molar-refractivity contribution in [1.29, 1.82) is 0 Å². The molecule has 5 aromatic rings. The minimum atomic E-state index is -0.276. The molecule has 7 heteroatoms. The van der Waals surface area contributed by atoms with Gasteiger partial charge in [0.1, 0.15) is 12.0 Å². The highest BCUT2D eigenvalue weighted by atomic mass is 16.3. The quantitative estimate of drug-likeness (QED) is 0.351. The number of carbonyl (C=O) groups excluding carboxylic acids is 1. The monoisotopic (exact) mass is 394 g/mol. The van der Waals surface area contributed by atoms with Gasteiger partial charge in [-0.05, 0) is 47.6 Å². The van der Waals surface area contributed by atoms with Crippen LogP contribution in [0.5, 0.6) is 0 Å². The Morgan fingerprint density at radius 1 is 0.967 bits per heavy atom. The van der Waals surface area contributed by atoms with Crippen LogP contribution < -0.4 is 5.56 Å². The van der Waals surface area contributed by atoms with Crippen LogP contribution in [0.25, 0.3) is 38.8 Å². The number of pyridine rings is 1. The lowest BCUT2D eigenvalue weighted by Gasteiger charge is -2.05. The van der Waals surface area contributed by atoms with Gasteiger partial charge < -0.3 is 0 Å². The third kappa shape index (κ3) is 2.72. The summed E-state index contributed by atoms with van der Waals surface area (Å²) >= 11 is 0. The summed E-state index contributed by atoms with van der Waals surface area (Å²) in [5, 5.41) is 7.40. The zero-order chi connectivity index (χ0) is 20.7. The Hall–Kier alpha value is -4.39. The van der Waals surface area contributed by atoms with Gasteiger partial charge in [0.15, 0.2) is 0 Å². The largest absolute Gasteiger partial charge is 0.298 e. The van der Waals surface area contributed by atoms with E-state index in [1.54, 1.807) is 48.5 Å². The first-order chi connectivity index (χ1) is 14.7. The zero-order valence-electron chi connectivity index (χ0n) is 15.6. The van der Waals surface area contributed by atoms with Gasteiger partial charge in [0.25, 0.3) is 5.56 Å². The number of aromatic nitrogens is 3. The third-order valence-electron chi connectivity index (χ3n) is 5.05. The first-order valence-electron chi connectivity index (χ1n) is 9.22. The molecule has 0 atom stereocenters. The summed E-state index contributed by atoms with van der Waals surface area (Å²) in [5.41, 5.74) is 3.56. The van der Waals surface area contributed by atoms with Crippen molar-refractivity contribution >= 4 is 33.8 Å². The molecule has 0 aliphatic rings. The van der Waals surface area contributed by atoms with Gasteiger partial charge in [0.05, 0.1) is 27.8 Å². The number of para-hydroxylation sites is 1. The van der Waals surface area contributed by atoms with Crippen molar-refractivity contribution in [3.8, 4) is 16.9 Å². The smallest absolute Gasteiger partial charge is 0.281 e. The van der Waals surface area contributed by atoms with E-state index in [0.29, 0.717) is 38.9 Å². The second-order valence-corrected chi connectivity index (χ2v) is 6.83. The highest BCUT2D eigenvalue weighted by Gasteiger charge is 2.18. The van der Waals surface area contributed by atoms with Crippen molar-refractivity contribution in [2.45, 2.75) is 0 Å². The minimum Gasteiger partial charge on any atom is -0.298 e. The van der Waals surface area contributed by atoms with E-state index in [0.717, 1.165) is 11.7 Å². The number of aldehydes is 1. The fourth-order valence-corrected chi connectivity index (χ4v) is 3.61. The number of aromatic amines is 1. The third-order valence-corrected chi connectivity index (χ3v) is 5.05. The molecule has 0 saturated heterocycles. The SMILES string of the molecule is O=Cc1ccc(-n2[nH]c3c(c(-c4cccc(N=O)c4)nc4ccccc43)c2=O)cc1. The molecule has 2 heterocycles. The van der Waals surface area contributed by atoms with E-state index in [1.165, 1.54) is 4.68 Å². The molecule has 7 nitrogen and oxygen atoms in total. The normalized spacial score (nSPS) is 11.1. The summed E-state index contributed by atoms with van der Waals surface area (Å²) in [6.07, 6.45) is 0.751. The van der Waals surface area contributed by atoms with Crippen molar-refractivity contribution in [1.82, 2.24) is 14.8 Å². The van der Waals surface area contributed by atoms with E-state index in [9.17, 15) is 14.5 Å². The Balaban J connectivity index is 1.87. The Bertz CT molecular complexity index is 1500. The number of nitrogens with zero attached hydrogens (tertiary/aromatic N) is 3. The average molecular weight is 394 g/mol. The summed E-state index contributed by atoms with van der Waals surface area (Å²) in [6, 6.07) is 20.9. The average Bonchev–Trinajstić information content (AvgIpc) is 3.16. The van der Waals surface area contributed by atoms with E-state index in [1.807, 2.05) is 24.3 Å². The van der Waals surface area contributed by atoms with Gasteiger partial charge in [0.2, 0.25) is 0 Å². The maximum absolute atomic E-state index is 13.4. The second-order valence-electron chi connectivity index (χ2n) is 6.83. The van der Waals surface area contributed by atoms with Crippen molar-refractivity contribution in [2.75, 3.05) is 0 Å². The number of benzene rings is 3. The molecule has 1 N–H and O–H groups in total. The number of hydrogen-bond acceptors (Lipinski definition) is 5. The predicted molar refractivity (Wildman–Crippen MR) is 115 cm³/mol. The van der Waals surface area contributed by atoms with Gasteiger partial charge in [0, 0.05) is 16.5 Å². The number of hydrogen-bond donors (Lipinski definition) is 1. The van der Waals surface area contributed by atoms with Crippen LogP contribution in [0.4, 0.5) is 5.69 Å². The number of fused-ring (bicyclic) bond motifs is 3. The predicted octanol–water partition coefficient (Wildman–Crippen LogP) is 4.74. The van der Waals surface area contributed by atoms with Gasteiger partial charge in [-0.3, -0.25) is 14.7 Å². The van der Waals surface area contributed by atoms with E-state index in [2.05, 4.69) is 10.3 Å². The molecule has 0 bridgehead atoms. The molecule has 0 spiro atoms. The highest BCUT2D eigenvalue weighted by Crippen LogP contribution is 2.31. The Morgan fingerprint density at radius 3 is 2.53 bits per heavy atom. The summed E-state index contributed by atoms with van der Waals surface area (Å²) in [4.78, 5) is 40.1. The van der Waals surface area contributed by atoms with Gasteiger partial charge in [-0.25, -0.2) is 9.67 Å². The maximum atomic E-state index is 13.4. The molecule has 5 rings (SSSR count). The van der Waals surface area contributed by atoms with Gasteiger partial charge >= 0.3 is 0 Å². The van der Waals surface area contributed by atoms with E-state index in [-0.39, 0.29) is 11.2 Å². The van der Waals surface area contributed by atoms with Crippen LogP contribution in [0, 0.1) is 4.91 Å². The summed E-state index contributed by atoms with van der Waals surface area (Å²) in [6.45, 7) is 0. The molecule has 144 valence electrons. The molecule has 2 aromatic heterocycles. The van der Waals surface area contributed by atoms with E-state index < -0.39 is 0 Å². The van der Waals surface area contributed by atoms with Crippen molar-refractivity contribution in [3.05, 3.63) is 93.6 Å². The second kappa shape index (κ2) is 6.89. The zero-order valence-corrected chi connectivity index (χ0v) is 15.6. The molecule has 0 aliphatic heterocycles. The molecular weight excluding hydrogens is 380 g/mol. The molecule has 0 radical (unpaired) electrons. The Kier molecular flexibility index (Phi) is 4.07. The fraction of sp³-hybridized carbons (Fsp3) is 0. The molecule has 0 fully saturated rings. The number of nitroso groups, excluding NO2 is 1. The summed E-state index contributed by atoms with van der Waals surface area (Å²) in [7, 11) is 0. The van der Waals surface area contributed by atoms with Crippen LogP contribution in [-0.2, 0) is 0 Å². The van der Waals surface area contributed by atoms with Gasteiger partial charge in [-0.2, -0.15) is 0 Å². The Morgan fingerprint density at radius 2 is 1.77 bits per heavy atom. The van der Waals surface area contributed by atoms with Crippen LogP contribution >= 0.6 is 0 Å². The van der Waals surface area contributed by atoms with Crippen LogP contribution in [0.1, 0.15) is 10.4 Å². The molecule has 0 saturated carbocycles. The Labute approximate surface area is 169 Å². The fourth-order valence-electron chi connectivity index (χ4n) is 3.61. The van der Waals surface area contributed by atoms with Crippen LogP contribution in [0.2, 0.25) is 0 Å². The van der Waals surface area contributed by atoms with Crippen LogP contribution in [0.3, 0.4) is 0 Å². The summed E-state index contributed by atoms with van der Waals surface area (Å²) < 4.78 is 1.43. The minimum absolute atomic E-state index is 0.260. The molecule has 0 amide bonds. The number of rotatable bonds is 4. The van der Waals surface area contributed by atoms with Crippen molar-refractivity contribution in [3.63, 3.8) is 0 Å². The number of H-pyrrole nitrogens is 1. The van der Waals surface area contributed by atoms with Crippen molar-refractivity contribution in [2.24, 2.45) is 5.18 Å². The van der Waals surface area contributed by atoms with E-state index >= 15 is 0 Å². The molecule has 0 aliphatic carbocycles.